The molecule has 7 nitrogen and oxygen atoms in total. The minimum Gasteiger partial charge on any atom is -0.399 e. The molecule has 1 heterocycles. The first-order valence-corrected chi connectivity index (χ1v) is 11.7. The van der Waals surface area contributed by atoms with Crippen molar-refractivity contribution in [2.75, 3.05) is 45.7 Å². The Labute approximate surface area is 199 Å². The smallest absolute Gasteiger partial charge is 0.399 e. The Morgan fingerprint density at radius 3 is 2.82 bits per heavy atom. The number of nitrogens with two attached hydrogens (primary N) is 2. The topological polar surface area (TPSA) is 101 Å². The Balaban J connectivity index is 1.69. The fourth-order valence-corrected chi connectivity index (χ4v) is 5.02. The minimum atomic E-state index is -4.45. The molecule has 1 aromatic rings. The number of thiol groups is 1. The van der Waals surface area contributed by atoms with Crippen LogP contribution in [0.5, 0.6) is 0 Å². The molecule has 6 N–H and O–H groups in total. The van der Waals surface area contributed by atoms with E-state index in [9.17, 15) is 13.2 Å². The molecule has 1 aliphatic carbocycles. The van der Waals surface area contributed by atoms with Gasteiger partial charge in [-0.2, -0.15) is 13.2 Å². The van der Waals surface area contributed by atoms with E-state index in [1.165, 1.54) is 0 Å². The van der Waals surface area contributed by atoms with Crippen LogP contribution in [0.3, 0.4) is 0 Å². The number of hydrogen-bond acceptors (Lipinski definition) is 7. The fourth-order valence-electron chi connectivity index (χ4n) is 4.89. The van der Waals surface area contributed by atoms with Crippen LogP contribution in [0.15, 0.2) is 23.2 Å². The molecule has 3 rings (SSSR count). The lowest BCUT2D eigenvalue weighted by Crippen LogP contribution is -2.47. The number of amidine groups is 1. The summed E-state index contributed by atoms with van der Waals surface area (Å²) in [6.07, 6.45) is -0.385. The first-order valence-electron chi connectivity index (χ1n) is 11.3. The molecule has 0 amide bonds. The summed E-state index contributed by atoms with van der Waals surface area (Å²) in [5, 5.41) is 3.19. The summed E-state index contributed by atoms with van der Waals surface area (Å²) in [6.45, 7) is 3.92. The number of rotatable bonds is 11. The molecular formula is C22H35F3N6OS. The van der Waals surface area contributed by atoms with Crippen molar-refractivity contribution in [3.05, 3.63) is 29.3 Å². The molecule has 186 valence electrons. The predicted octanol–water partition coefficient (Wildman–Crippen LogP) is 2.63. The van der Waals surface area contributed by atoms with Gasteiger partial charge in [-0.3, -0.25) is 9.71 Å². The van der Waals surface area contributed by atoms with E-state index >= 15 is 0 Å². The molecule has 2 unspecified atom stereocenters. The second-order valence-electron chi connectivity index (χ2n) is 8.97. The van der Waals surface area contributed by atoms with Crippen LogP contribution >= 0.6 is 12.8 Å². The van der Waals surface area contributed by atoms with E-state index in [0.717, 1.165) is 69.8 Å². The Morgan fingerprint density at radius 1 is 1.36 bits per heavy atom. The molecule has 2 fully saturated rings. The van der Waals surface area contributed by atoms with Crippen molar-refractivity contribution in [2.24, 2.45) is 22.1 Å². The Bertz CT molecular complexity index is 824. The lowest BCUT2D eigenvalue weighted by molar-refractivity contribution is -0.137. The maximum absolute atomic E-state index is 13.2. The quantitative estimate of drug-likeness (QED) is 0.108. The first-order chi connectivity index (χ1) is 15.7. The van der Waals surface area contributed by atoms with Gasteiger partial charge in [-0.1, -0.05) is 12.8 Å². The maximum atomic E-state index is 13.2. The second-order valence-corrected chi connectivity index (χ2v) is 9.29. The molecule has 33 heavy (non-hydrogen) atoms. The number of methoxy groups -OCH3 is 1. The number of likely N-dealkylation sites (tertiary alicyclic amines) is 1. The number of alkyl halides is 3. The molecule has 2 aliphatic rings. The van der Waals surface area contributed by atoms with Gasteiger partial charge in [-0.15, -0.1) is 0 Å². The summed E-state index contributed by atoms with van der Waals surface area (Å²) in [5.41, 5.74) is 11.1. The van der Waals surface area contributed by atoms with Crippen LogP contribution in [0, 0.1) is 11.3 Å². The molecule has 11 heteroatoms. The molecule has 1 aromatic carbocycles. The van der Waals surface area contributed by atoms with Crippen LogP contribution < -0.4 is 21.5 Å². The summed E-state index contributed by atoms with van der Waals surface area (Å²) in [5.74, 6) is 1.31. The summed E-state index contributed by atoms with van der Waals surface area (Å²) in [7, 11) is 1.73. The SMILES string of the molecule is COC(CCNS)CCN1CCC2C[C@]2(C(=NCc2cc(N)cc(C(F)(F)F)c2)NCN)C1. The highest BCUT2D eigenvalue weighted by Gasteiger charge is 2.60. The number of aliphatic imine (C=N–C) groups is 1. The molecular weight excluding hydrogens is 453 g/mol. The van der Waals surface area contributed by atoms with Gasteiger partial charge in [0.25, 0.3) is 0 Å². The van der Waals surface area contributed by atoms with E-state index in [0.29, 0.717) is 11.5 Å². The third-order valence-corrected chi connectivity index (χ3v) is 6.94. The number of nitrogens with zero attached hydrogens (tertiary/aromatic N) is 2. The summed E-state index contributed by atoms with van der Waals surface area (Å²) < 4.78 is 47.9. The van der Waals surface area contributed by atoms with E-state index in [1.54, 1.807) is 13.2 Å². The number of fused-ring (bicyclic) bond motifs is 1. The summed E-state index contributed by atoms with van der Waals surface area (Å²) >= 11 is 4.04. The number of nitrogen functional groups attached to an aromatic ring is 1. The van der Waals surface area contributed by atoms with Crippen molar-refractivity contribution in [3.8, 4) is 0 Å². The number of benzene rings is 1. The monoisotopic (exact) mass is 488 g/mol. The second kappa shape index (κ2) is 11.3. The van der Waals surface area contributed by atoms with Crippen molar-refractivity contribution in [1.29, 1.82) is 0 Å². The molecule has 0 aromatic heterocycles. The Kier molecular flexibility index (Phi) is 8.90. The maximum Gasteiger partial charge on any atom is 0.416 e. The lowest BCUT2D eigenvalue weighted by atomic mass is 9.95. The Hall–Kier alpha value is -1.53. The van der Waals surface area contributed by atoms with E-state index < -0.39 is 11.7 Å². The van der Waals surface area contributed by atoms with Gasteiger partial charge in [-0.25, -0.2) is 0 Å². The molecule has 1 saturated carbocycles. The third-order valence-electron chi connectivity index (χ3n) is 6.71. The van der Waals surface area contributed by atoms with Gasteiger partial charge in [0.2, 0.25) is 0 Å². The average Bonchev–Trinajstić information content (AvgIpc) is 3.50. The largest absolute Gasteiger partial charge is 0.416 e. The van der Waals surface area contributed by atoms with E-state index in [4.69, 9.17) is 21.2 Å². The zero-order valence-corrected chi connectivity index (χ0v) is 19.9. The van der Waals surface area contributed by atoms with E-state index in [2.05, 4.69) is 27.8 Å². The van der Waals surface area contributed by atoms with Gasteiger partial charge in [0, 0.05) is 37.8 Å². The van der Waals surface area contributed by atoms with Crippen LogP contribution in [0.1, 0.15) is 36.8 Å². The lowest BCUT2D eigenvalue weighted by Gasteiger charge is -2.34. The fraction of sp³-hybridized carbons (Fsp3) is 0.682. The first kappa shape index (κ1) is 26.1. The molecule has 3 atom stereocenters. The van der Waals surface area contributed by atoms with Gasteiger partial charge < -0.3 is 26.4 Å². The number of ether oxygens (including phenoxy) is 1. The third kappa shape index (κ3) is 6.75. The zero-order valence-electron chi connectivity index (χ0n) is 19.0. The van der Waals surface area contributed by atoms with Gasteiger partial charge >= 0.3 is 6.18 Å². The highest BCUT2D eigenvalue weighted by Crippen LogP contribution is 2.58. The van der Waals surface area contributed by atoms with Crippen molar-refractivity contribution < 1.29 is 17.9 Å². The van der Waals surface area contributed by atoms with E-state index in [-0.39, 0.29) is 30.4 Å². The number of piperidine rings is 1. The molecule has 1 saturated heterocycles. The van der Waals surface area contributed by atoms with Gasteiger partial charge in [-0.05, 0) is 61.9 Å². The van der Waals surface area contributed by atoms with Crippen LogP contribution in [0.2, 0.25) is 0 Å². The number of hydrogen-bond donors (Lipinski definition) is 5. The van der Waals surface area contributed by atoms with Crippen LogP contribution in [-0.4, -0.2) is 56.8 Å². The van der Waals surface area contributed by atoms with Crippen molar-refractivity contribution >= 4 is 24.3 Å². The van der Waals surface area contributed by atoms with Crippen LogP contribution in [0.25, 0.3) is 0 Å². The standard InChI is InChI=1S/C22H35F3N6OS/c1-32-19(2-5-30-33)4-7-31-6-3-16-11-21(16,13-31)20(29-14-26)28-12-15-8-17(22(23,24)25)10-18(27)9-15/h8-10,16,19,30,33H,2-7,11-14,26-27H2,1H3,(H,28,29)/t16?,19?,21-/m0/s1. The number of halogens is 3. The summed E-state index contributed by atoms with van der Waals surface area (Å²) in [6, 6.07) is 3.60. The number of nitrogens with one attached hydrogen (secondary N) is 2. The van der Waals surface area contributed by atoms with Crippen LogP contribution in [0.4, 0.5) is 18.9 Å². The number of anilines is 1. The zero-order chi connectivity index (χ0) is 24.1. The highest BCUT2D eigenvalue weighted by molar-refractivity contribution is 7.78. The predicted molar refractivity (Wildman–Crippen MR) is 128 cm³/mol. The Morgan fingerprint density at radius 2 is 2.15 bits per heavy atom. The van der Waals surface area contributed by atoms with Gasteiger partial charge in [0.05, 0.1) is 24.9 Å². The van der Waals surface area contributed by atoms with Crippen molar-refractivity contribution in [3.63, 3.8) is 0 Å². The minimum absolute atomic E-state index is 0.0791. The summed E-state index contributed by atoms with van der Waals surface area (Å²) in [4.78, 5) is 7.14. The molecule has 0 spiro atoms. The van der Waals surface area contributed by atoms with Gasteiger partial charge in [0.1, 0.15) is 5.84 Å². The highest BCUT2D eigenvalue weighted by atomic mass is 32.1. The average molecular weight is 489 g/mol. The van der Waals surface area contributed by atoms with E-state index in [1.807, 2.05) is 0 Å². The molecule has 0 radical (unpaired) electrons. The van der Waals surface area contributed by atoms with Crippen molar-refractivity contribution in [2.45, 2.75) is 44.5 Å². The molecule has 1 aliphatic heterocycles. The molecule has 0 bridgehead atoms. The van der Waals surface area contributed by atoms with Crippen LogP contribution in [-0.2, 0) is 17.5 Å². The van der Waals surface area contributed by atoms with Gasteiger partial charge in [0.15, 0.2) is 0 Å². The normalized spacial score (nSPS) is 24.4. The van der Waals surface area contributed by atoms with Crippen molar-refractivity contribution in [1.82, 2.24) is 14.9 Å².